The molecule has 0 spiro atoms. The lowest BCUT2D eigenvalue weighted by Crippen LogP contribution is -2.24. The molecular formula is C13H18BrNO. The Morgan fingerprint density at radius 3 is 2.50 bits per heavy atom. The highest BCUT2D eigenvalue weighted by Crippen LogP contribution is 2.20. The van der Waals surface area contributed by atoms with Gasteiger partial charge in [0.15, 0.2) is 0 Å². The van der Waals surface area contributed by atoms with Gasteiger partial charge < -0.3 is 5.32 Å². The monoisotopic (exact) mass is 283 g/mol. The summed E-state index contributed by atoms with van der Waals surface area (Å²) in [6.45, 7) is 6.07. The number of halogens is 1. The first-order chi connectivity index (χ1) is 7.56. The third-order valence-corrected chi connectivity index (χ3v) is 3.44. The van der Waals surface area contributed by atoms with Crippen LogP contribution >= 0.6 is 15.9 Å². The molecule has 0 saturated carbocycles. The van der Waals surface area contributed by atoms with Crippen LogP contribution in [0.2, 0.25) is 0 Å². The number of carbonyl (C=O) groups is 1. The highest BCUT2D eigenvalue weighted by atomic mass is 79.9. The van der Waals surface area contributed by atoms with Crippen molar-refractivity contribution in [3.8, 4) is 0 Å². The van der Waals surface area contributed by atoms with E-state index in [1.165, 1.54) is 0 Å². The largest absolute Gasteiger partial charge is 0.326 e. The van der Waals surface area contributed by atoms with Crippen molar-refractivity contribution < 1.29 is 4.79 Å². The molecule has 0 aliphatic heterocycles. The summed E-state index contributed by atoms with van der Waals surface area (Å²) < 4.78 is 0. The number of hydrogen-bond donors (Lipinski definition) is 1. The van der Waals surface area contributed by atoms with Crippen LogP contribution in [0.1, 0.15) is 26.3 Å². The van der Waals surface area contributed by atoms with Crippen LogP contribution in [0, 0.1) is 11.8 Å². The minimum Gasteiger partial charge on any atom is -0.326 e. The lowest BCUT2D eigenvalue weighted by molar-refractivity contribution is -0.120. The van der Waals surface area contributed by atoms with Gasteiger partial charge in [-0.15, -0.1) is 0 Å². The Morgan fingerprint density at radius 1 is 1.31 bits per heavy atom. The van der Waals surface area contributed by atoms with Gasteiger partial charge in [0.25, 0.3) is 0 Å². The van der Waals surface area contributed by atoms with Crippen LogP contribution in [-0.4, -0.2) is 5.91 Å². The number of carbonyl (C=O) groups excluding carboxylic acids is 1. The minimum atomic E-state index is 0.0309. The molecular weight excluding hydrogens is 266 g/mol. The third kappa shape index (κ3) is 3.34. The van der Waals surface area contributed by atoms with Crippen molar-refractivity contribution in [3.63, 3.8) is 0 Å². The number of para-hydroxylation sites is 1. The second-order valence-corrected chi connectivity index (χ2v) is 4.87. The summed E-state index contributed by atoms with van der Waals surface area (Å²) in [5, 5.41) is 3.72. The van der Waals surface area contributed by atoms with E-state index in [9.17, 15) is 4.79 Å². The molecule has 0 heterocycles. The molecule has 0 aromatic heterocycles. The molecule has 1 aromatic carbocycles. The molecule has 2 nitrogen and oxygen atoms in total. The summed E-state index contributed by atoms with van der Waals surface area (Å²) in [5.74, 6) is 0.475. The fraction of sp³-hybridized carbons (Fsp3) is 0.462. The average Bonchev–Trinajstić information content (AvgIpc) is 2.28. The van der Waals surface area contributed by atoms with Crippen molar-refractivity contribution in [1.29, 1.82) is 0 Å². The van der Waals surface area contributed by atoms with E-state index in [-0.39, 0.29) is 11.8 Å². The molecule has 1 atom stereocenters. The molecule has 1 N–H and O–H groups in total. The molecule has 3 heteroatoms. The predicted octanol–water partition coefficient (Wildman–Crippen LogP) is 3.81. The van der Waals surface area contributed by atoms with E-state index >= 15 is 0 Å². The smallest absolute Gasteiger partial charge is 0.227 e. The van der Waals surface area contributed by atoms with Crippen LogP contribution in [0.15, 0.2) is 24.3 Å². The van der Waals surface area contributed by atoms with Crippen molar-refractivity contribution in [2.75, 3.05) is 5.32 Å². The summed E-state index contributed by atoms with van der Waals surface area (Å²) in [7, 11) is 0. The van der Waals surface area contributed by atoms with Crippen LogP contribution in [0.5, 0.6) is 0 Å². The Bertz CT molecular complexity index is 363. The van der Waals surface area contributed by atoms with Crippen LogP contribution in [0.3, 0.4) is 0 Å². The summed E-state index contributed by atoms with van der Waals surface area (Å²) in [5.41, 5.74) is 2.00. The molecule has 0 aliphatic rings. The zero-order chi connectivity index (χ0) is 12.1. The summed E-state index contributed by atoms with van der Waals surface area (Å²) in [6.07, 6.45) is 0. The van der Waals surface area contributed by atoms with E-state index in [2.05, 4.69) is 35.1 Å². The zero-order valence-electron chi connectivity index (χ0n) is 9.96. The Labute approximate surface area is 106 Å². The third-order valence-electron chi connectivity index (χ3n) is 2.83. The molecule has 0 bridgehead atoms. The van der Waals surface area contributed by atoms with Crippen molar-refractivity contribution in [2.45, 2.75) is 26.1 Å². The molecule has 1 unspecified atom stereocenters. The van der Waals surface area contributed by atoms with E-state index < -0.39 is 0 Å². The normalized spacial score (nSPS) is 12.6. The Balaban J connectivity index is 2.76. The quantitative estimate of drug-likeness (QED) is 0.837. The summed E-state index contributed by atoms with van der Waals surface area (Å²) >= 11 is 3.41. The maximum atomic E-state index is 11.9. The minimum absolute atomic E-state index is 0.0309. The van der Waals surface area contributed by atoms with Crippen LogP contribution in [0.4, 0.5) is 5.69 Å². The second kappa shape index (κ2) is 6.04. The molecule has 16 heavy (non-hydrogen) atoms. The van der Waals surface area contributed by atoms with Gasteiger partial charge in [-0.2, -0.15) is 0 Å². The molecule has 1 amide bonds. The van der Waals surface area contributed by atoms with E-state index in [4.69, 9.17) is 0 Å². The van der Waals surface area contributed by atoms with Gasteiger partial charge in [-0.3, -0.25) is 4.79 Å². The Kier molecular flexibility index (Phi) is 5.00. The lowest BCUT2D eigenvalue weighted by atomic mass is 9.97. The molecule has 88 valence electrons. The number of benzene rings is 1. The fourth-order valence-electron chi connectivity index (χ4n) is 1.31. The van der Waals surface area contributed by atoms with Gasteiger partial charge in [0.1, 0.15) is 0 Å². The van der Waals surface area contributed by atoms with Crippen LogP contribution < -0.4 is 5.32 Å². The van der Waals surface area contributed by atoms with Gasteiger partial charge in [0.2, 0.25) is 5.91 Å². The zero-order valence-corrected chi connectivity index (χ0v) is 11.5. The molecule has 1 aromatic rings. The molecule has 0 aliphatic carbocycles. The van der Waals surface area contributed by atoms with Gasteiger partial charge in [-0.05, 0) is 17.5 Å². The number of hydrogen-bond acceptors (Lipinski definition) is 1. The highest BCUT2D eigenvalue weighted by molar-refractivity contribution is 9.08. The SMILES string of the molecule is CC(C)C(C)C(=O)Nc1ccccc1CBr. The van der Waals surface area contributed by atoms with Crippen molar-refractivity contribution in [1.82, 2.24) is 0 Å². The standard InChI is InChI=1S/C13H18BrNO/c1-9(2)10(3)13(16)15-12-7-5-4-6-11(12)8-14/h4-7,9-10H,8H2,1-3H3,(H,15,16). The summed E-state index contributed by atoms with van der Waals surface area (Å²) in [4.78, 5) is 11.9. The lowest BCUT2D eigenvalue weighted by Gasteiger charge is -2.16. The predicted molar refractivity (Wildman–Crippen MR) is 71.7 cm³/mol. The molecule has 1 rings (SSSR count). The topological polar surface area (TPSA) is 29.1 Å². The number of amides is 1. The highest BCUT2D eigenvalue weighted by Gasteiger charge is 2.17. The van der Waals surface area contributed by atoms with Crippen molar-refractivity contribution in [2.24, 2.45) is 11.8 Å². The number of nitrogens with one attached hydrogen (secondary N) is 1. The average molecular weight is 284 g/mol. The van der Waals surface area contributed by atoms with E-state index in [1.54, 1.807) is 0 Å². The van der Waals surface area contributed by atoms with Crippen LogP contribution in [-0.2, 0) is 10.1 Å². The fourth-order valence-corrected chi connectivity index (χ4v) is 1.80. The maximum Gasteiger partial charge on any atom is 0.227 e. The van der Waals surface area contributed by atoms with Gasteiger partial charge in [0.05, 0.1) is 0 Å². The van der Waals surface area contributed by atoms with Gasteiger partial charge in [-0.1, -0.05) is 54.9 Å². The number of rotatable bonds is 4. The van der Waals surface area contributed by atoms with E-state index in [1.807, 2.05) is 31.2 Å². The molecule has 0 radical (unpaired) electrons. The Morgan fingerprint density at radius 2 is 1.94 bits per heavy atom. The van der Waals surface area contributed by atoms with Gasteiger partial charge in [0, 0.05) is 16.9 Å². The van der Waals surface area contributed by atoms with Gasteiger partial charge in [-0.25, -0.2) is 0 Å². The number of anilines is 1. The first kappa shape index (κ1) is 13.2. The van der Waals surface area contributed by atoms with E-state index in [0.29, 0.717) is 5.92 Å². The summed E-state index contributed by atoms with van der Waals surface area (Å²) in [6, 6.07) is 7.84. The molecule has 0 saturated heterocycles. The first-order valence-electron chi connectivity index (χ1n) is 5.51. The van der Waals surface area contributed by atoms with Crippen LogP contribution in [0.25, 0.3) is 0 Å². The second-order valence-electron chi connectivity index (χ2n) is 4.31. The van der Waals surface area contributed by atoms with E-state index in [0.717, 1.165) is 16.6 Å². The Hall–Kier alpha value is -0.830. The van der Waals surface area contributed by atoms with Crippen molar-refractivity contribution in [3.05, 3.63) is 29.8 Å². The molecule has 0 fully saturated rings. The number of alkyl halides is 1. The van der Waals surface area contributed by atoms with Crippen molar-refractivity contribution >= 4 is 27.5 Å². The van der Waals surface area contributed by atoms with Gasteiger partial charge >= 0.3 is 0 Å². The maximum absolute atomic E-state index is 11.9. The first-order valence-corrected chi connectivity index (χ1v) is 6.63.